The van der Waals surface area contributed by atoms with Crippen molar-refractivity contribution in [3.8, 4) is 22.6 Å². The number of hydrogen-bond acceptors (Lipinski definition) is 6. The van der Waals surface area contributed by atoms with Crippen molar-refractivity contribution in [1.29, 1.82) is 0 Å². The Morgan fingerprint density at radius 1 is 1.10 bits per heavy atom. The zero-order valence-corrected chi connectivity index (χ0v) is 16.0. The summed E-state index contributed by atoms with van der Waals surface area (Å²) in [5.41, 5.74) is 3.86. The Morgan fingerprint density at radius 3 is 2.41 bits per heavy atom. The SMILES string of the molecule is COc1cc(-c2ccccc2)c(/C(C)=N/OCc2ccc([N+](=O)[O-])cc2)cc1O. The highest BCUT2D eigenvalue weighted by Crippen LogP contribution is 2.35. The molecule has 29 heavy (non-hydrogen) atoms. The number of oxime groups is 1. The number of phenols is 1. The molecule has 0 heterocycles. The summed E-state index contributed by atoms with van der Waals surface area (Å²) in [5.74, 6) is 0.374. The Morgan fingerprint density at radius 2 is 1.79 bits per heavy atom. The third-order valence-corrected chi connectivity index (χ3v) is 4.37. The molecular weight excluding hydrogens is 372 g/mol. The number of hydrogen-bond donors (Lipinski definition) is 1. The number of ether oxygens (including phenoxy) is 1. The van der Waals surface area contributed by atoms with Gasteiger partial charge in [0.1, 0.15) is 6.61 Å². The second-order valence-corrected chi connectivity index (χ2v) is 6.31. The van der Waals surface area contributed by atoms with E-state index in [1.165, 1.54) is 19.2 Å². The molecule has 0 spiro atoms. The van der Waals surface area contributed by atoms with E-state index >= 15 is 0 Å². The van der Waals surface area contributed by atoms with E-state index in [0.29, 0.717) is 17.0 Å². The Balaban J connectivity index is 1.84. The van der Waals surface area contributed by atoms with Crippen molar-refractivity contribution in [1.82, 2.24) is 0 Å². The van der Waals surface area contributed by atoms with Crippen LogP contribution in [-0.4, -0.2) is 22.9 Å². The lowest BCUT2D eigenvalue weighted by atomic mass is 9.96. The Kier molecular flexibility index (Phi) is 6.09. The van der Waals surface area contributed by atoms with Crippen LogP contribution in [0.5, 0.6) is 11.5 Å². The summed E-state index contributed by atoms with van der Waals surface area (Å²) >= 11 is 0. The van der Waals surface area contributed by atoms with E-state index in [2.05, 4.69) is 5.16 Å². The maximum absolute atomic E-state index is 10.7. The molecular formula is C22H20N2O5. The standard InChI is InChI=1S/C22H20N2O5/c1-15(23-29-14-16-8-10-18(11-9-16)24(26)27)19-12-21(25)22(28-2)13-20(19)17-6-4-3-5-7-17/h3-13,25H,14H2,1-2H3/b23-15+. The average molecular weight is 392 g/mol. The van der Waals surface area contributed by atoms with Crippen LogP contribution in [0.3, 0.4) is 0 Å². The molecule has 1 N–H and O–H groups in total. The highest BCUT2D eigenvalue weighted by Gasteiger charge is 2.14. The summed E-state index contributed by atoms with van der Waals surface area (Å²) in [6.45, 7) is 1.95. The smallest absolute Gasteiger partial charge is 0.269 e. The van der Waals surface area contributed by atoms with Gasteiger partial charge in [-0.25, -0.2) is 0 Å². The Labute approximate surface area is 168 Å². The van der Waals surface area contributed by atoms with Crippen LogP contribution in [0.15, 0.2) is 71.9 Å². The topological polar surface area (TPSA) is 94.2 Å². The Hall–Kier alpha value is -3.87. The van der Waals surface area contributed by atoms with Crippen molar-refractivity contribution in [2.45, 2.75) is 13.5 Å². The predicted molar refractivity (Wildman–Crippen MR) is 110 cm³/mol. The number of nitrogens with zero attached hydrogens (tertiary/aromatic N) is 2. The van der Waals surface area contributed by atoms with Crippen LogP contribution in [0.25, 0.3) is 11.1 Å². The number of benzene rings is 3. The number of non-ortho nitro benzene ring substituents is 1. The fraction of sp³-hybridized carbons (Fsp3) is 0.136. The van der Waals surface area contributed by atoms with E-state index in [1.807, 2.05) is 30.3 Å². The first-order valence-electron chi connectivity index (χ1n) is 8.86. The van der Waals surface area contributed by atoms with Crippen LogP contribution in [0.2, 0.25) is 0 Å². The first-order chi connectivity index (χ1) is 14.0. The van der Waals surface area contributed by atoms with Crippen LogP contribution in [-0.2, 0) is 11.4 Å². The minimum absolute atomic E-state index is 0.00657. The molecule has 7 nitrogen and oxygen atoms in total. The molecule has 0 aliphatic rings. The van der Waals surface area contributed by atoms with E-state index < -0.39 is 4.92 Å². The average Bonchev–Trinajstić information content (AvgIpc) is 2.74. The lowest BCUT2D eigenvalue weighted by Gasteiger charge is -2.13. The molecule has 0 saturated heterocycles. The molecule has 3 aromatic rings. The molecule has 0 bridgehead atoms. The fourth-order valence-electron chi connectivity index (χ4n) is 2.85. The van der Waals surface area contributed by atoms with Gasteiger partial charge in [0, 0.05) is 17.7 Å². The fourth-order valence-corrected chi connectivity index (χ4v) is 2.85. The van der Waals surface area contributed by atoms with E-state index in [-0.39, 0.29) is 18.0 Å². The first kappa shape index (κ1) is 19.9. The highest BCUT2D eigenvalue weighted by molar-refractivity contribution is 6.05. The first-order valence-corrected chi connectivity index (χ1v) is 8.86. The molecule has 0 radical (unpaired) electrons. The normalized spacial score (nSPS) is 11.2. The van der Waals surface area contributed by atoms with Crippen molar-refractivity contribution < 1.29 is 19.6 Å². The van der Waals surface area contributed by atoms with Crippen molar-refractivity contribution in [2.75, 3.05) is 7.11 Å². The van der Waals surface area contributed by atoms with Crippen LogP contribution in [0.4, 0.5) is 5.69 Å². The predicted octanol–water partition coefficient (Wildman–Crippen LogP) is 4.92. The number of aromatic hydroxyl groups is 1. The van der Waals surface area contributed by atoms with Crippen molar-refractivity contribution in [2.24, 2.45) is 5.16 Å². The van der Waals surface area contributed by atoms with Gasteiger partial charge in [-0.05, 0) is 47.9 Å². The van der Waals surface area contributed by atoms with Crippen LogP contribution in [0.1, 0.15) is 18.1 Å². The molecule has 0 aliphatic carbocycles. The maximum atomic E-state index is 10.7. The van der Waals surface area contributed by atoms with Gasteiger partial charge < -0.3 is 14.7 Å². The zero-order valence-electron chi connectivity index (χ0n) is 16.0. The van der Waals surface area contributed by atoms with E-state index in [1.54, 1.807) is 31.2 Å². The minimum Gasteiger partial charge on any atom is -0.504 e. The molecule has 0 unspecified atom stereocenters. The summed E-state index contributed by atoms with van der Waals surface area (Å²) in [6.07, 6.45) is 0. The summed E-state index contributed by atoms with van der Waals surface area (Å²) in [5, 5.41) is 25.1. The molecule has 148 valence electrons. The van der Waals surface area contributed by atoms with Gasteiger partial charge in [-0.15, -0.1) is 0 Å². The minimum atomic E-state index is -0.450. The van der Waals surface area contributed by atoms with Crippen molar-refractivity contribution in [3.05, 3.63) is 88.0 Å². The number of phenolic OH excluding ortho intramolecular Hbond substituents is 1. The van der Waals surface area contributed by atoms with Crippen LogP contribution < -0.4 is 4.74 Å². The Bertz CT molecular complexity index is 1030. The number of nitro groups is 1. The van der Waals surface area contributed by atoms with Gasteiger partial charge in [0.25, 0.3) is 5.69 Å². The molecule has 3 aromatic carbocycles. The second-order valence-electron chi connectivity index (χ2n) is 6.31. The monoisotopic (exact) mass is 392 g/mol. The highest BCUT2D eigenvalue weighted by atomic mass is 16.6. The molecule has 7 heteroatoms. The molecule has 0 saturated carbocycles. The second kappa shape index (κ2) is 8.88. The third-order valence-electron chi connectivity index (χ3n) is 4.37. The summed E-state index contributed by atoms with van der Waals surface area (Å²) in [7, 11) is 1.50. The summed E-state index contributed by atoms with van der Waals surface area (Å²) in [4.78, 5) is 15.7. The number of nitro benzene ring substituents is 1. The number of methoxy groups -OCH3 is 1. The van der Waals surface area contributed by atoms with Gasteiger partial charge in [0.2, 0.25) is 0 Å². The molecule has 3 rings (SSSR count). The van der Waals surface area contributed by atoms with Crippen molar-refractivity contribution in [3.63, 3.8) is 0 Å². The van der Waals surface area contributed by atoms with Crippen molar-refractivity contribution >= 4 is 11.4 Å². The van der Waals surface area contributed by atoms with Gasteiger partial charge in [-0.1, -0.05) is 35.5 Å². The van der Waals surface area contributed by atoms with E-state index in [0.717, 1.165) is 16.7 Å². The van der Waals surface area contributed by atoms with Gasteiger partial charge in [0.15, 0.2) is 11.5 Å². The van der Waals surface area contributed by atoms with Crippen LogP contribution in [0, 0.1) is 10.1 Å². The van der Waals surface area contributed by atoms with E-state index in [4.69, 9.17) is 9.57 Å². The summed E-state index contributed by atoms with van der Waals surface area (Å²) < 4.78 is 5.24. The molecule has 0 atom stereocenters. The summed E-state index contributed by atoms with van der Waals surface area (Å²) in [6, 6.07) is 19.1. The van der Waals surface area contributed by atoms with Gasteiger partial charge in [-0.2, -0.15) is 0 Å². The molecule has 0 aromatic heterocycles. The number of rotatable bonds is 7. The van der Waals surface area contributed by atoms with Gasteiger partial charge in [-0.3, -0.25) is 10.1 Å². The van der Waals surface area contributed by atoms with Gasteiger partial charge >= 0.3 is 0 Å². The lowest BCUT2D eigenvalue weighted by Crippen LogP contribution is -2.01. The molecule has 0 aliphatic heterocycles. The third kappa shape index (κ3) is 4.70. The van der Waals surface area contributed by atoms with E-state index in [9.17, 15) is 15.2 Å². The van der Waals surface area contributed by atoms with Crippen LogP contribution >= 0.6 is 0 Å². The largest absolute Gasteiger partial charge is 0.504 e. The molecule has 0 amide bonds. The lowest BCUT2D eigenvalue weighted by molar-refractivity contribution is -0.384. The zero-order chi connectivity index (χ0) is 20.8. The molecule has 0 fully saturated rings. The quantitative estimate of drug-likeness (QED) is 0.350. The van der Waals surface area contributed by atoms with Gasteiger partial charge in [0.05, 0.1) is 17.7 Å². The maximum Gasteiger partial charge on any atom is 0.269 e.